The molecular formula is C24H24N2O4. The van der Waals surface area contributed by atoms with Crippen LogP contribution in [-0.2, 0) is 9.53 Å². The molecule has 0 radical (unpaired) electrons. The number of benzene rings is 2. The molecule has 0 unspecified atom stereocenters. The first-order valence-electron chi connectivity index (χ1n) is 9.43. The maximum Gasteiger partial charge on any atom is 0.334 e. The first-order valence-corrected chi connectivity index (χ1v) is 9.43. The van der Waals surface area contributed by atoms with Gasteiger partial charge in [-0.2, -0.15) is 10.5 Å². The van der Waals surface area contributed by atoms with Crippen molar-refractivity contribution in [2.45, 2.75) is 33.1 Å². The normalized spacial score (nSPS) is 11.0. The summed E-state index contributed by atoms with van der Waals surface area (Å²) in [5.41, 5.74) is 3.51. The molecule has 30 heavy (non-hydrogen) atoms. The van der Waals surface area contributed by atoms with Gasteiger partial charge in [0.25, 0.3) is 0 Å². The summed E-state index contributed by atoms with van der Waals surface area (Å²) in [7, 11) is 1.49. The van der Waals surface area contributed by atoms with Gasteiger partial charge < -0.3 is 14.6 Å². The fourth-order valence-electron chi connectivity index (χ4n) is 3.28. The van der Waals surface area contributed by atoms with E-state index in [0.29, 0.717) is 33.6 Å². The smallest absolute Gasteiger partial charge is 0.334 e. The fourth-order valence-corrected chi connectivity index (χ4v) is 3.28. The summed E-state index contributed by atoms with van der Waals surface area (Å²) in [4.78, 5) is 13.0. The van der Waals surface area contributed by atoms with Crippen molar-refractivity contribution in [3.63, 3.8) is 0 Å². The van der Waals surface area contributed by atoms with Crippen LogP contribution in [0.3, 0.4) is 0 Å². The SMILES string of the molecule is COc1cc(C#N)ccc1[C@@H](C(C(=O)OCCC#N)=C(C)C)c1cc(C)ccc1O. The van der Waals surface area contributed by atoms with Gasteiger partial charge in [0.2, 0.25) is 0 Å². The second-order valence-corrected chi connectivity index (χ2v) is 7.02. The van der Waals surface area contributed by atoms with Gasteiger partial charge in [-0.15, -0.1) is 0 Å². The van der Waals surface area contributed by atoms with E-state index in [4.69, 9.17) is 14.7 Å². The zero-order valence-corrected chi connectivity index (χ0v) is 17.5. The van der Waals surface area contributed by atoms with E-state index < -0.39 is 11.9 Å². The van der Waals surface area contributed by atoms with E-state index in [-0.39, 0.29) is 18.8 Å². The summed E-state index contributed by atoms with van der Waals surface area (Å²) < 4.78 is 10.8. The van der Waals surface area contributed by atoms with Gasteiger partial charge in [0.1, 0.15) is 18.1 Å². The van der Waals surface area contributed by atoms with E-state index in [1.165, 1.54) is 7.11 Å². The molecule has 2 aromatic carbocycles. The monoisotopic (exact) mass is 404 g/mol. The van der Waals surface area contributed by atoms with Gasteiger partial charge in [-0.25, -0.2) is 4.79 Å². The first kappa shape index (κ1) is 22.5. The number of allylic oxidation sites excluding steroid dienone is 1. The van der Waals surface area contributed by atoms with Gasteiger partial charge in [0.15, 0.2) is 0 Å². The van der Waals surface area contributed by atoms with Crippen molar-refractivity contribution < 1.29 is 19.4 Å². The summed E-state index contributed by atoms with van der Waals surface area (Å²) in [6, 6.07) is 14.1. The number of carbonyl (C=O) groups is 1. The minimum absolute atomic E-state index is 0.0247. The molecule has 154 valence electrons. The number of nitrogens with zero attached hydrogens (tertiary/aromatic N) is 2. The average molecular weight is 404 g/mol. The second kappa shape index (κ2) is 10.1. The molecule has 0 amide bonds. The third kappa shape index (κ3) is 4.98. The van der Waals surface area contributed by atoms with Crippen molar-refractivity contribution >= 4 is 5.97 Å². The lowest BCUT2D eigenvalue weighted by atomic mass is 9.81. The van der Waals surface area contributed by atoms with Crippen LogP contribution in [0.15, 0.2) is 47.5 Å². The molecule has 0 spiro atoms. The molecule has 0 aliphatic rings. The summed E-state index contributed by atoms with van der Waals surface area (Å²) >= 11 is 0. The average Bonchev–Trinajstić information content (AvgIpc) is 2.73. The van der Waals surface area contributed by atoms with Gasteiger partial charge in [-0.1, -0.05) is 29.3 Å². The Morgan fingerprint density at radius 3 is 2.47 bits per heavy atom. The molecule has 1 atom stereocenters. The Labute approximate surface area is 176 Å². The molecule has 2 rings (SSSR count). The Balaban J connectivity index is 2.76. The number of phenols is 1. The van der Waals surface area contributed by atoms with E-state index in [2.05, 4.69) is 6.07 Å². The second-order valence-electron chi connectivity index (χ2n) is 7.02. The Kier molecular flexibility index (Phi) is 7.61. The molecule has 0 aromatic heterocycles. The number of hydrogen-bond donors (Lipinski definition) is 1. The number of nitriles is 2. The van der Waals surface area contributed by atoms with Crippen LogP contribution in [0.25, 0.3) is 0 Å². The van der Waals surface area contributed by atoms with Gasteiger partial charge in [-0.05, 0) is 39.0 Å². The maximum atomic E-state index is 13.0. The molecule has 0 heterocycles. The fraction of sp³-hybridized carbons (Fsp3) is 0.292. The van der Waals surface area contributed by atoms with E-state index in [1.807, 2.05) is 19.1 Å². The summed E-state index contributed by atoms with van der Waals surface area (Å²) in [5.74, 6) is -0.807. The predicted molar refractivity (Wildman–Crippen MR) is 112 cm³/mol. The van der Waals surface area contributed by atoms with Gasteiger partial charge in [-0.3, -0.25) is 0 Å². The molecule has 6 heteroatoms. The molecule has 0 aliphatic carbocycles. The highest BCUT2D eigenvalue weighted by molar-refractivity contribution is 5.92. The van der Waals surface area contributed by atoms with Crippen LogP contribution in [-0.4, -0.2) is 24.8 Å². The lowest BCUT2D eigenvalue weighted by Gasteiger charge is -2.25. The van der Waals surface area contributed by atoms with Crippen LogP contribution in [0.1, 0.15) is 48.4 Å². The van der Waals surface area contributed by atoms with Gasteiger partial charge >= 0.3 is 5.97 Å². The predicted octanol–water partition coefficient (Wildman–Crippen LogP) is 4.51. The molecule has 0 saturated carbocycles. The van der Waals surface area contributed by atoms with Crippen LogP contribution in [0.4, 0.5) is 0 Å². The number of methoxy groups -OCH3 is 1. The standard InChI is InChI=1S/C24H24N2O4/c1-15(2)22(24(28)30-11-5-10-25)23(19-12-16(3)6-9-20(19)27)18-8-7-17(14-26)13-21(18)29-4/h6-9,12-13,23,27H,5,11H2,1-4H3/t23-/m1/s1. The van der Waals surface area contributed by atoms with E-state index in [1.54, 1.807) is 44.2 Å². The zero-order valence-electron chi connectivity index (χ0n) is 17.5. The molecular weight excluding hydrogens is 380 g/mol. The van der Waals surface area contributed by atoms with Crippen LogP contribution in [0.2, 0.25) is 0 Å². The highest BCUT2D eigenvalue weighted by Gasteiger charge is 2.31. The molecule has 0 bridgehead atoms. The number of hydrogen-bond acceptors (Lipinski definition) is 6. The number of aryl methyl sites for hydroxylation is 1. The Hall–Kier alpha value is -3.77. The highest BCUT2D eigenvalue weighted by atomic mass is 16.5. The van der Waals surface area contributed by atoms with Crippen LogP contribution >= 0.6 is 0 Å². The number of aromatic hydroxyl groups is 1. The third-order valence-corrected chi connectivity index (χ3v) is 4.66. The maximum absolute atomic E-state index is 13.0. The minimum atomic E-state index is -0.688. The molecule has 0 aliphatic heterocycles. The molecule has 6 nitrogen and oxygen atoms in total. The number of ether oxygens (including phenoxy) is 2. The first-order chi connectivity index (χ1) is 14.3. The van der Waals surface area contributed by atoms with E-state index in [0.717, 1.165) is 5.56 Å². The molecule has 2 aromatic rings. The third-order valence-electron chi connectivity index (χ3n) is 4.66. The number of rotatable bonds is 7. The minimum Gasteiger partial charge on any atom is -0.508 e. The van der Waals surface area contributed by atoms with E-state index >= 15 is 0 Å². The molecule has 0 fully saturated rings. The van der Waals surface area contributed by atoms with Crippen LogP contribution in [0.5, 0.6) is 11.5 Å². The topological polar surface area (TPSA) is 103 Å². The number of phenolic OH excluding ortho intramolecular Hbond substituents is 1. The summed E-state index contributed by atoms with van der Waals surface area (Å²) in [5, 5.41) is 28.6. The highest BCUT2D eigenvalue weighted by Crippen LogP contribution is 2.43. The summed E-state index contributed by atoms with van der Waals surface area (Å²) in [6.07, 6.45) is 0.0856. The summed E-state index contributed by atoms with van der Waals surface area (Å²) in [6.45, 7) is 5.44. The molecule has 0 saturated heterocycles. The number of esters is 1. The van der Waals surface area contributed by atoms with Crippen LogP contribution < -0.4 is 4.74 Å². The lowest BCUT2D eigenvalue weighted by molar-refractivity contribution is -0.139. The lowest BCUT2D eigenvalue weighted by Crippen LogP contribution is -2.19. The van der Waals surface area contributed by atoms with Crippen molar-refractivity contribution in [3.8, 4) is 23.6 Å². The van der Waals surface area contributed by atoms with Crippen molar-refractivity contribution in [1.29, 1.82) is 10.5 Å². The zero-order chi connectivity index (χ0) is 22.3. The van der Waals surface area contributed by atoms with Crippen molar-refractivity contribution in [2.24, 2.45) is 0 Å². The van der Waals surface area contributed by atoms with Crippen LogP contribution in [0, 0.1) is 29.6 Å². The Morgan fingerprint density at radius 1 is 1.13 bits per heavy atom. The van der Waals surface area contributed by atoms with Gasteiger partial charge in [0.05, 0.1) is 31.2 Å². The molecule has 1 N–H and O–H groups in total. The van der Waals surface area contributed by atoms with Crippen molar-refractivity contribution in [1.82, 2.24) is 0 Å². The largest absolute Gasteiger partial charge is 0.508 e. The van der Waals surface area contributed by atoms with Crippen molar-refractivity contribution in [2.75, 3.05) is 13.7 Å². The van der Waals surface area contributed by atoms with Crippen molar-refractivity contribution in [3.05, 3.63) is 69.8 Å². The Bertz CT molecular complexity index is 1050. The number of carbonyl (C=O) groups excluding carboxylic acids is 1. The van der Waals surface area contributed by atoms with Gasteiger partial charge in [0, 0.05) is 22.6 Å². The Morgan fingerprint density at radius 2 is 1.87 bits per heavy atom. The van der Waals surface area contributed by atoms with E-state index in [9.17, 15) is 15.2 Å². The quantitative estimate of drug-likeness (QED) is 0.414.